The smallest absolute Gasteiger partial charge is 0.408 e. The normalized spacial score (nSPS) is 16.6. The van der Waals surface area contributed by atoms with E-state index in [9.17, 15) is 19.1 Å². The number of rotatable bonds is 9. The van der Waals surface area contributed by atoms with Crippen LogP contribution in [0.4, 0.5) is 9.18 Å². The van der Waals surface area contributed by atoms with Crippen LogP contribution in [-0.2, 0) is 29.5 Å². The molecule has 4 heterocycles. The fourth-order valence-corrected chi connectivity index (χ4v) is 5.67. The average Bonchev–Trinajstić information content (AvgIpc) is 3.79. The monoisotopic (exact) mass is 642 g/mol. The van der Waals surface area contributed by atoms with Gasteiger partial charge in [0, 0.05) is 23.6 Å². The van der Waals surface area contributed by atoms with Crippen LogP contribution in [0, 0.1) is 5.82 Å². The number of aryl methyl sites for hydroxylation is 1. The van der Waals surface area contributed by atoms with Gasteiger partial charge in [0.2, 0.25) is 0 Å². The van der Waals surface area contributed by atoms with E-state index in [-0.39, 0.29) is 31.1 Å². The highest BCUT2D eigenvalue weighted by Gasteiger charge is 2.42. The van der Waals surface area contributed by atoms with E-state index in [0.717, 1.165) is 5.56 Å². The second kappa shape index (κ2) is 12.3. The Morgan fingerprint density at radius 3 is 2.63 bits per heavy atom. The van der Waals surface area contributed by atoms with Gasteiger partial charge >= 0.3 is 6.09 Å². The zero-order valence-corrected chi connectivity index (χ0v) is 26.1. The van der Waals surface area contributed by atoms with Gasteiger partial charge in [-0.25, -0.2) is 19.2 Å². The van der Waals surface area contributed by atoms with E-state index in [2.05, 4.69) is 20.7 Å². The molecule has 2 unspecified atom stereocenters. The fraction of sp³-hybridized carbons (Fsp3) is 0.242. The van der Waals surface area contributed by atoms with E-state index in [0.29, 0.717) is 34.0 Å². The lowest BCUT2D eigenvalue weighted by molar-refractivity contribution is 0.0486. The summed E-state index contributed by atoms with van der Waals surface area (Å²) in [5.74, 6) is -0.494. The molecule has 0 radical (unpaired) electrons. The molecule has 6 rings (SSSR count). The molecule has 0 bridgehead atoms. The SMILES string of the molecule is Cn1nc(-c2cscn2)cc1C(=O)NCC(C)(O)c1cc2c(c(-c3ccc(F)cc3)n1)OCC2(C)NC(=O)OCc1ccccc1. The number of hydrogen-bond acceptors (Lipinski definition) is 9. The van der Waals surface area contributed by atoms with Crippen LogP contribution in [0.25, 0.3) is 22.6 Å². The number of hydrogen-bond donors (Lipinski definition) is 3. The molecular weight excluding hydrogens is 611 g/mol. The Hall–Kier alpha value is -5.14. The van der Waals surface area contributed by atoms with Crippen molar-refractivity contribution in [1.82, 2.24) is 30.4 Å². The number of amides is 2. The summed E-state index contributed by atoms with van der Waals surface area (Å²) in [6.07, 6.45) is -0.656. The Morgan fingerprint density at radius 2 is 1.91 bits per heavy atom. The first-order valence-electron chi connectivity index (χ1n) is 14.4. The van der Waals surface area contributed by atoms with Gasteiger partial charge in [-0.2, -0.15) is 5.10 Å². The predicted molar refractivity (Wildman–Crippen MR) is 168 cm³/mol. The third kappa shape index (κ3) is 6.32. The number of pyridine rings is 1. The Balaban J connectivity index is 1.27. The van der Waals surface area contributed by atoms with Gasteiger partial charge in [0.05, 0.1) is 17.7 Å². The summed E-state index contributed by atoms with van der Waals surface area (Å²) in [6.45, 7) is 3.23. The molecule has 3 N–H and O–H groups in total. The number of fused-ring (bicyclic) bond motifs is 1. The molecule has 0 spiro atoms. The zero-order valence-electron chi connectivity index (χ0n) is 25.3. The topological polar surface area (TPSA) is 140 Å². The minimum atomic E-state index is -1.67. The third-order valence-corrected chi connectivity index (χ3v) is 8.32. The number of carbonyl (C=O) groups is 2. The van der Waals surface area contributed by atoms with Crippen LogP contribution in [0.1, 0.15) is 41.2 Å². The van der Waals surface area contributed by atoms with E-state index in [1.54, 1.807) is 43.7 Å². The van der Waals surface area contributed by atoms with Crippen molar-refractivity contribution in [2.24, 2.45) is 7.05 Å². The van der Waals surface area contributed by atoms with Gasteiger partial charge in [-0.05, 0) is 55.8 Å². The predicted octanol–water partition coefficient (Wildman–Crippen LogP) is 4.92. The first-order chi connectivity index (χ1) is 22.0. The number of aliphatic hydroxyl groups is 1. The van der Waals surface area contributed by atoms with Crippen LogP contribution in [0.5, 0.6) is 5.75 Å². The number of thiazole rings is 1. The maximum Gasteiger partial charge on any atom is 0.408 e. The summed E-state index contributed by atoms with van der Waals surface area (Å²) in [5, 5.41) is 23.6. The van der Waals surface area contributed by atoms with Crippen LogP contribution >= 0.6 is 11.3 Å². The highest BCUT2D eigenvalue weighted by molar-refractivity contribution is 7.07. The summed E-state index contributed by atoms with van der Waals surface area (Å²) in [6, 6.07) is 18.3. The number of alkyl carbamates (subject to hydrolysis) is 1. The first kappa shape index (κ1) is 30.9. The summed E-state index contributed by atoms with van der Waals surface area (Å²) in [4.78, 5) is 35.1. The molecule has 2 amide bonds. The van der Waals surface area contributed by atoms with Gasteiger partial charge in [-0.3, -0.25) is 9.48 Å². The van der Waals surface area contributed by atoms with E-state index < -0.39 is 29.0 Å². The minimum Gasteiger partial charge on any atom is -0.488 e. The summed E-state index contributed by atoms with van der Waals surface area (Å²) in [5.41, 5.74) is 2.92. The van der Waals surface area contributed by atoms with E-state index in [1.165, 1.54) is 35.1 Å². The van der Waals surface area contributed by atoms with Crippen LogP contribution < -0.4 is 15.4 Å². The largest absolute Gasteiger partial charge is 0.488 e. The Labute approximate surface area is 268 Å². The maximum absolute atomic E-state index is 13.8. The number of nitrogens with one attached hydrogen (secondary N) is 2. The molecule has 13 heteroatoms. The molecular formula is C33H31FN6O5S. The summed E-state index contributed by atoms with van der Waals surface area (Å²) < 4.78 is 26.8. The van der Waals surface area contributed by atoms with Crippen molar-refractivity contribution >= 4 is 23.3 Å². The van der Waals surface area contributed by atoms with Crippen LogP contribution in [0.2, 0.25) is 0 Å². The van der Waals surface area contributed by atoms with E-state index in [1.807, 2.05) is 35.7 Å². The fourth-order valence-electron chi connectivity index (χ4n) is 5.13. The van der Waals surface area contributed by atoms with E-state index in [4.69, 9.17) is 14.5 Å². The van der Waals surface area contributed by atoms with Crippen molar-refractivity contribution < 1.29 is 28.6 Å². The second-order valence-corrected chi connectivity index (χ2v) is 12.1. The Morgan fingerprint density at radius 1 is 1.15 bits per heavy atom. The van der Waals surface area contributed by atoms with Crippen LogP contribution in [0.3, 0.4) is 0 Å². The lowest BCUT2D eigenvalue weighted by Crippen LogP contribution is -2.45. The number of nitrogens with zero attached hydrogens (tertiary/aromatic N) is 4. The number of halogens is 1. The molecule has 5 aromatic rings. The van der Waals surface area contributed by atoms with Crippen molar-refractivity contribution in [3.8, 4) is 28.4 Å². The third-order valence-electron chi connectivity index (χ3n) is 7.73. The van der Waals surface area contributed by atoms with E-state index >= 15 is 0 Å². The molecule has 236 valence electrons. The molecule has 3 aromatic heterocycles. The highest BCUT2D eigenvalue weighted by Crippen LogP contribution is 2.44. The molecule has 0 fully saturated rings. The number of benzene rings is 2. The highest BCUT2D eigenvalue weighted by atomic mass is 32.1. The van der Waals surface area contributed by atoms with Crippen molar-refractivity contribution in [2.45, 2.75) is 31.6 Å². The molecule has 1 aliphatic rings. The maximum atomic E-state index is 13.8. The first-order valence-corrected chi connectivity index (χ1v) is 15.3. The molecule has 11 nitrogen and oxygen atoms in total. The van der Waals surface area contributed by atoms with Crippen LogP contribution in [-0.4, -0.2) is 50.0 Å². The molecule has 0 aliphatic carbocycles. The Kier molecular flexibility index (Phi) is 8.28. The number of ether oxygens (including phenoxy) is 2. The lowest BCUT2D eigenvalue weighted by Gasteiger charge is -2.28. The second-order valence-electron chi connectivity index (χ2n) is 11.4. The summed E-state index contributed by atoms with van der Waals surface area (Å²) in [7, 11) is 1.65. The summed E-state index contributed by atoms with van der Waals surface area (Å²) >= 11 is 1.42. The van der Waals surface area contributed by atoms with Crippen LogP contribution in [0.15, 0.2) is 77.6 Å². The van der Waals surface area contributed by atoms with Crippen molar-refractivity contribution in [2.75, 3.05) is 13.2 Å². The molecule has 2 atom stereocenters. The van der Waals surface area contributed by atoms with Gasteiger partial charge < -0.3 is 25.2 Å². The standard InChI is InChI=1S/C33H31FN6O5S/c1-32(38-31(42)44-15-20-7-5-4-6-8-20)18-45-29-23(32)13-27(37-28(29)21-9-11-22(34)12-10-21)33(2,43)17-35-30(41)26-14-24(39-40(26)3)25-16-46-19-36-25/h4-14,16,19,43H,15,17-18H2,1-3H3,(H,35,41)(H,38,42). The molecule has 0 saturated heterocycles. The minimum absolute atomic E-state index is 0.0583. The van der Waals surface area contributed by atoms with Crippen molar-refractivity contribution in [1.29, 1.82) is 0 Å². The number of carbonyl (C=O) groups excluding carboxylic acids is 2. The van der Waals surface area contributed by atoms with Gasteiger partial charge in [0.25, 0.3) is 5.91 Å². The average molecular weight is 643 g/mol. The van der Waals surface area contributed by atoms with Gasteiger partial charge in [0.1, 0.15) is 52.9 Å². The van der Waals surface area contributed by atoms with Gasteiger partial charge in [-0.15, -0.1) is 11.3 Å². The lowest BCUT2D eigenvalue weighted by atomic mass is 9.89. The molecule has 1 aliphatic heterocycles. The molecule has 2 aromatic carbocycles. The van der Waals surface area contributed by atoms with Gasteiger partial charge in [0.15, 0.2) is 5.75 Å². The number of aromatic nitrogens is 4. The molecule has 0 saturated carbocycles. The molecule has 46 heavy (non-hydrogen) atoms. The Bertz CT molecular complexity index is 1880. The van der Waals surface area contributed by atoms with Crippen molar-refractivity contribution in [3.63, 3.8) is 0 Å². The van der Waals surface area contributed by atoms with Crippen molar-refractivity contribution in [3.05, 3.63) is 106 Å². The quantitative estimate of drug-likeness (QED) is 0.206. The van der Waals surface area contributed by atoms with Gasteiger partial charge in [-0.1, -0.05) is 30.3 Å². The zero-order chi connectivity index (χ0) is 32.5.